The van der Waals surface area contributed by atoms with Crippen molar-refractivity contribution in [2.45, 2.75) is 20.3 Å². The number of hydrogen-bond donors (Lipinski definition) is 0. The standard InChI is InChI=1S/C19H17N3O2/c1-12-18(13(2)24-21-12)19(23)22-10-7-16-11-15(3-4-17(16)22)14-5-8-20-9-6-14/h3-6,8-9,11H,7,10H2,1-2H3. The molecule has 0 aliphatic carbocycles. The summed E-state index contributed by atoms with van der Waals surface area (Å²) in [5.74, 6) is 0.529. The van der Waals surface area contributed by atoms with Crippen molar-refractivity contribution in [3.8, 4) is 11.1 Å². The molecule has 0 unspecified atom stereocenters. The van der Waals surface area contributed by atoms with Crippen LogP contribution < -0.4 is 4.90 Å². The molecule has 2 aromatic heterocycles. The number of carbonyl (C=O) groups is 1. The van der Waals surface area contributed by atoms with E-state index in [4.69, 9.17) is 4.52 Å². The first-order valence-corrected chi connectivity index (χ1v) is 7.93. The molecule has 1 amide bonds. The number of rotatable bonds is 2. The van der Waals surface area contributed by atoms with Crippen LogP contribution in [0.25, 0.3) is 11.1 Å². The van der Waals surface area contributed by atoms with E-state index in [0.29, 0.717) is 23.6 Å². The quantitative estimate of drug-likeness (QED) is 0.724. The average Bonchev–Trinajstić information content (AvgIpc) is 3.18. The number of benzene rings is 1. The molecule has 0 saturated heterocycles. The topological polar surface area (TPSA) is 59.2 Å². The predicted molar refractivity (Wildman–Crippen MR) is 91.0 cm³/mol. The molecular weight excluding hydrogens is 302 g/mol. The van der Waals surface area contributed by atoms with Gasteiger partial charge in [0, 0.05) is 24.6 Å². The van der Waals surface area contributed by atoms with Gasteiger partial charge in [-0.05, 0) is 61.2 Å². The van der Waals surface area contributed by atoms with Gasteiger partial charge in [0.1, 0.15) is 11.3 Å². The normalized spacial score (nSPS) is 13.2. The molecule has 0 N–H and O–H groups in total. The van der Waals surface area contributed by atoms with Gasteiger partial charge in [0.05, 0.1) is 5.69 Å². The van der Waals surface area contributed by atoms with Crippen LogP contribution in [0.3, 0.4) is 0 Å². The Hall–Kier alpha value is -2.95. The second kappa shape index (κ2) is 5.60. The fourth-order valence-electron chi connectivity index (χ4n) is 3.26. The minimum atomic E-state index is -0.0401. The molecule has 0 saturated carbocycles. The molecule has 5 nitrogen and oxygen atoms in total. The summed E-state index contributed by atoms with van der Waals surface area (Å²) < 4.78 is 5.14. The van der Waals surface area contributed by atoms with Crippen LogP contribution in [0, 0.1) is 13.8 Å². The second-order valence-electron chi connectivity index (χ2n) is 5.99. The largest absolute Gasteiger partial charge is 0.361 e. The van der Waals surface area contributed by atoms with Crippen LogP contribution in [-0.4, -0.2) is 22.6 Å². The molecule has 5 heteroatoms. The minimum absolute atomic E-state index is 0.0401. The number of carbonyl (C=O) groups excluding carboxylic acids is 1. The highest BCUT2D eigenvalue weighted by atomic mass is 16.5. The molecule has 4 rings (SSSR count). The van der Waals surface area contributed by atoms with Crippen molar-refractivity contribution in [2.75, 3.05) is 11.4 Å². The Labute approximate surface area is 139 Å². The highest BCUT2D eigenvalue weighted by molar-refractivity contribution is 6.08. The molecule has 1 aromatic carbocycles. The van der Waals surface area contributed by atoms with E-state index in [9.17, 15) is 4.79 Å². The Bertz CT molecular complexity index is 896. The number of amides is 1. The van der Waals surface area contributed by atoms with Gasteiger partial charge in [0.2, 0.25) is 0 Å². The zero-order chi connectivity index (χ0) is 16.7. The van der Waals surface area contributed by atoms with E-state index in [1.807, 2.05) is 29.2 Å². The molecular formula is C19H17N3O2. The smallest absolute Gasteiger partial charge is 0.263 e. The summed E-state index contributed by atoms with van der Waals surface area (Å²) in [4.78, 5) is 18.8. The molecule has 24 heavy (non-hydrogen) atoms. The number of nitrogens with zero attached hydrogens (tertiary/aromatic N) is 3. The molecule has 120 valence electrons. The van der Waals surface area contributed by atoms with Crippen molar-refractivity contribution in [3.05, 3.63) is 65.3 Å². The molecule has 0 bridgehead atoms. The summed E-state index contributed by atoms with van der Waals surface area (Å²) in [5, 5.41) is 3.89. The third-order valence-electron chi connectivity index (χ3n) is 4.48. The lowest BCUT2D eigenvalue weighted by atomic mass is 10.0. The number of anilines is 1. The van der Waals surface area contributed by atoms with Gasteiger partial charge in [-0.25, -0.2) is 0 Å². The van der Waals surface area contributed by atoms with Crippen LogP contribution in [-0.2, 0) is 6.42 Å². The molecule has 0 radical (unpaired) electrons. The van der Waals surface area contributed by atoms with Crippen LogP contribution in [0.1, 0.15) is 27.4 Å². The number of fused-ring (bicyclic) bond motifs is 1. The van der Waals surface area contributed by atoms with Crippen molar-refractivity contribution in [1.29, 1.82) is 0 Å². The molecule has 3 aromatic rings. The van der Waals surface area contributed by atoms with Crippen LogP contribution in [0.15, 0.2) is 47.2 Å². The summed E-state index contributed by atoms with van der Waals surface area (Å²) in [7, 11) is 0. The van der Waals surface area contributed by atoms with Crippen LogP contribution in [0.2, 0.25) is 0 Å². The SMILES string of the molecule is Cc1noc(C)c1C(=O)N1CCc2cc(-c3ccncc3)ccc21. The van der Waals surface area contributed by atoms with Crippen molar-refractivity contribution in [1.82, 2.24) is 10.1 Å². The van der Waals surface area contributed by atoms with E-state index in [0.717, 1.165) is 23.2 Å². The van der Waals surface area contributed by atoms with Gasteiger partial charge < -0.3 is 9.42 Å². The van der Waals surface area contributed by atoms with Crippen molar-refractivity contribution < 1.29 is 9.32 Å². The summed E-state index contributed by atoms with van der Waals surface area (Å²) in [6.07, 6.45) is 4.43. The summed E-state index contributed by atoms with van der Waals surface area (Å²) in [5.41, 5.74) is 5.63. The van der Waals surface area contributed by atoms with Gasteiger partial charge in [-0.2, -0.15) is 0 Å². The lowest BCUT2D eigenvalue weighted by Crippen LogP contribution is -2.29. The number of aryl methyl sites for hydroxylation is 2. The minimum Gasteiger partial charge on any atom is -0.361 e. The molecule has 0 atom stereocenters. The van der Waals surface area contributed by atoms with Gasteiger partial charge in [-0.15, -0.1) is 0 Å². The molecule has 0 spiro atoms. The Morgan fingerprint density at radius 3 is 2.62 bits per heavy atom. The second-order valence-corrected chi connectivity index (χ2v) is 5.99. The van der Waals surface area contributed by atoms with E-state index in [1.165, 1.54) is 5.56 Å². The number of hydrogen-bond acceptors (Lipinski definition) is 4. The first kappa shape index (κ1) is 14.6. The van der Waals surface area contributed by atoms with E-state index >= 15 is 0 Å². The Morgan fingerprint density at radius 2 is 1.92 bits per heavy atom. The maximum absolute atomic E-state index is 12.9. The average molecular weight is 319 g/mol. The fraction of sp³-hybridized carbons (Fsp3) is 0.211. The predicted octanol–water partition coefficient (Wildman–Crippen LogP) is 3.56. The van der Waals surface area contributed by atoms with Crippen LogP contribution in [0.5, 0.6) is 0 Å². The number of aromatic nitrogens is 2. The van der Waals surface area contributed by atoms with Gasteiger partial charge >= 0.3 is 0 Å². The van der Waals surface area contributed by atoms with Gasteiger partial charge in [0.25, 0.3) is 5.91 Å². The van der Waals surface area contributed by atoms with Crippen LogP contribution >= 0.6 is 0 Å². The summed E-state index contributed by atoms with van der Waals surface area (Å²) in [6, 6.07) is 10.2. The summed E-state index contributed by atoms with van der Waals surface area (Å²) >= 11 is 0. The van der Waals surface area contributed by atoms with Crippen molar-refractivity contribution in [2.24, 2.45) is 0 Å². The number of pyridine rings is 1. The highest BCUT2D eigenvalue weighted by Crippen LogP contribution is 2.33. The zero-order valence-corrected chi connectivity index (χ0v) is 13.6. The van der Waals surface area contributed by atoms with E-state index in [1.54, 1.807) is 26.2 Å². The zero-order valence-electron chi connectivity index (χ0n) is 13.6. The Kier molecular flexibility index (Phi) is 3.41. The first-order chi connectivity index (χ1) is 11.6. The molecule has 0 fully saturated rings. The summed E-state index contributed by atoms with van der Waals surface area (Å²) in [6.45, 7) is 4.25. The Balaban J connectivity index is 1.69. The van der Waals surface area contributed by atoms with E-state index in [-0.39, 0.29) is 5.91 Å². The van der Waals surface area contributed by atoms with Crippen molar-refractivity contribution >= 4 is 11.6 Å². The Morgan fingerprint density at radius 1 is 1.12 bits per heavy atom. The highest BCUT2D eigenvalue weighted by Gasteiger charge is 2.29. The molecule has 3 heterocycles. The van der Waals surface area contributed by atoms with Gasteiger partial charge in [-0.3, -0.25) is 9.78 Å². The first-order valence-electron chi connectivity index (χ1n) is 7.93. The van der Waals surface area contributed by atoms with Gasteiger partial charge in [0.15, 0.2) is 0 Å². The maximum Gasteiger partial charge on any atom is 0.263 e. The third kappa shape index (κ3) is 2.29. The molecule has 1 aliphatic rings. The van der Waals surface area contributed by atoms with Crippen LogP contribution in [0.4, 0.5) is 5.69 Å². The van der Waals surface area contributed by atoms with E-state index < -0.39 is 0 Å². The third-order valence-corrected chi connectivity index (χ3v) is 4.48. The lowest BCUT2D eigenvalue weighted by Gasteiger charge is -2.17. The lowest BCUT2D eigenvalue weighted by molar-refractivity contribution is 0.0987. The van der Waals surface area contributed by atoms with Crippen molar-refractivity contribution in [3.63, 3.8) is 0 Å². The fourth-order valence-corrected chi connectivity index (χ4v) is 3.26. The van der Waals surface area contributed by atoms with Gasteiger partial charge in [-0.1, -0.05) is 11.2 Å². The van der Waals surface area contributed by atoms with E-state index in [2.05, 4.69) is 16.2 Å². The maximum atomic E-state index is 12.9. The monoisotopic (exact) mass is 319 g/mol. The molecule has 1 aliphatic heterocycles.